The molecule has 0 atom stereocenters. The Kier molecular flexibility index (Phi) is 3.66. The number of fused-ring (bicyclic) bond motifs is 1. The minimum Gasteiger partial charge on any atom is -0.349 e. The van der Waals surface area contributed by atoms with Gasteiger partial charge in [0.25, 0.3) is 0 Å². The molecule has 0 aliphatic carbocycles. The first kappa shape index (κ1) is 12.8. The summed E-state index contributed by atoms with van der Waals surface area (Å²) in [5.41, 5.74) is 2.13. The van der Waals surface area contributed by atoms with Crippen LogP contribution in [0.5, 0.6) is 0 Å². The summed E-state index contributed by atoms with van der Waals surface area (Å²) < 4.78 is 1.21. The predicted octanol–water partition coefficient (Wildman–Crippen LogP) is 3.79. The van der Waals surface area contributed by atoms with Crippen molar-refractivity contribution in [1.29, 1.82) is 0 Å². The molecule has 1 aliphatic rings. The molecule has 0 unspecified atom stereocenters. The van der Waals surface area contributed by atoms with E-state index in [-0.39, 0.29) is 0 Å². The van der Waals surface area contributed by atoms with Gasteiger partial charge in [0.15, 0.2) is 5.11 Å². The summed E-state index contributed by atoms with van der Waals surface area (Å²) in [6.45, 7) is 4.19. The lowest BCUT2D eigenvalue weighted by molar-refractivity contribution is 0.346. The summed E-state index contributed by atoms with van der Waals surface area (Å²) in [6.07, 6.45) is 3.81. The van der Waals surface area contributed by atoms with Gasteiger partial charge in [-0.05, 0) is 56.6 Å². The summed E-state index contributed by atoms with van der Waals surface area (Å²) in [5, 5.41) is 5.30. The van der Waals surface area contributed by atoms with Gasteiger partial charge in [-0.1, -0.05) is 0 Å². The van der Waals surface area contributed by atoms with Crippen LogP contribution in [0.3, 0.4) is 0 Å². The number of anilines is 1. The fourth-order valence-electron chi connectivity index (χ4n) is 2.42. The fraction of sp³-hybridized carbons (Fsp3) is 0.429. The van der Waals surface area contributed by atoms with Crippen LogP contribution in [0.15, 0.2) is 18.2 Å². The molecule has 0 bridgehead atoms. The number of thiocarbonyl (C=S) groups is 1. The van der Waals surface area contributed by atoms with Crippen LogP contribution in [-0.2, 0) is 0 Å². The van der Waals surface area contributed by atoms with E-state index in [1.807, 2.05) is 6.92 Å². The number of rotatable bonds is 1. The van der Waals surface area contributed by atoms with Crippen LogP contribution >= 0.6 is 23.6 Å². The number of benzene rings is 1. The molecule has 0 radical (unpaired) electrons. The number of aryl methyl sites for hydroxylation is 1. The van der Waals surface area contributed by atoms with Crippen LogP contribution in [-0.4, -0.2) is 28.1 Å². The zero-order valence-corrected chi connectivity index (χ0v) is 12.6. The lowest BCUT2D eigenvalue weighted by Crippen LogP contribution is -2.38. The number of thiazole rings is 1. The summed E-state index contributed by atoms with van der Waals surface area (Å²) >= 11 is 7.21. The molecule has 19 heavy (non-hydrogen) atoms. The van der Waals surface area contributed by atoms with Crippen molar-refractivity contribution in [2.45, 2.75) is 26.2 Å². The molecule has 5 heteroatoms. The molecule has 0 amide bonds. The Labute approximate surface area is 122 Å². The number of piperidine rings is 1. The Morgan fingerprint density at radius 1 is 1.32 bits per heavy atom. The van der Waals surface area contributed by atoms with Crippen molar-refractivity contribution in [3.05, 3.63) is 23.2 Å². The molecule has 1 fully saturated rings. The molecule has 1 aromatic heterocycles. The van der Waals surface area contributed by atoms with E-state index in [9.17, 15) is 0 Å². The Morgan fingerprint density at radius 3 is 2.89 bits per heavy atom. The van der Waals surface area contributed by atoms with Gasteiger partial charge in [-0.3, -0.25) is 0 Å². The van der Waals surface area contributed by atoms with E-state index in [4.69, 9.17) is 12.2 Å². The maximum absolute atomic E-state index is 5.49. The van der Waals surface area contributed by atoms with Crippen molar-refractivity contribution in [2.75, 3.05) is 18.4 Å². The highest BCUT2D eigenvalue weighted by Crippen LogP contribution is 2.25. The van der Waals surface area contributed by atoms with Gasteiger partial charge in [-0.15, -0.1) is 11.3 Å². The second-order valence-corrected chi connectivity index (χ2v) is 6.51. The standard InChI is InChI=1S/C14H17N3S2/c1-10-15-12-6-5-11(9-13(12)19-10)16-14(18)17-7-3-2-4-8-17/h5-6,9H,2-4,7-8H2,1H3,(H,16,18). The van der Waals surface area contributed by atoms with Crippen LogP contribution in [0.4, 0.5) is 5.69 Å². The van der Waals surface area contributed by atoms with E-state index in [2.05, 4.69) is 33.4 Å². The Balaban J connectivity index is 1.74. The van der Waals surface area contributed by atoms with Gasteiger partial charge in [-0.2, -0.15) is 0 Å². The normalized spacial score (nSPS) is 15.7. The molecular weight excluding hydrogens is 274 g/mol. The quantitative estimate of drug-likeness (QED) is 0.809. The number of hydrogen-bond acceptors (Lipinski definition) is 3. The van der Waals surface area contributed by atoms with Crippen molar-refractivity contribution in [3.63, 3.8) is 0 Å². The number of aromatic nitrogens is 1. The lowest BCUT2D eigenvalue weighted by Gasteiger charge is -2.29. The molecule has 3 rings (SSSR count). The van der Waals surface area contributed by atoms with E-state index in [0.717, 1.165) is 34.4 Å². The summed E-state index contributed by atoms with van der Waals surface area (Å²) in [4.78, 5) is 6.74. The first-order valence-electron chi connectivity index (χ1n) is 6.65. The first-order chi connectivity index (χ1) is 9.22. The third-order valence-corrected chi connectivity index (χ3v) is 4.68. The molecule has 1 aromatic carbocycles. The van der Waals surface area contributed by atoms with E-state index in [0.29, 0.717) is 0 Å². The average molecular weight is 291 g/mol. The van der Waals surface area contributed by atoms with Crippen LogP contribution in [0, 0.1) is 6.92 Å². The van der Waals surface area contributed by atoms with Gasteiger partial charge in [-0.25, -0.2) is 4.98 Å². The van der Waals surface area contributed by atoms with Crippen molar-refractivity contribution < 1.29 is 0 Å². The van der Waals surface area contributed by atoms with Gasteiger partial charge in [0.1, 0.15) is 0 Å². The maximum atomic E-state index is 5.49. The lowest BCUT2D eigenvalue weighted by atomic mass is 10.1. The highest BCUT2D eigenvalue weighted by molar-refractivity contribution is 7.80. The minimum atomic E-state index is 0.847. The number of nitrogens with zero attached hydrogens (tertiary/aromatic N) is 2. The van der Waals surface area contributed by atoms with Gasteiger partial charge in [0, 0.05) is 18.8 Å². The SMILES string of the molecule is Cc1nc2ccc(NC(=S)N3CCCCC3)cc2s1. The fourth-order valence-corrected chi connectivity index (χ4v) is 3.58. The molecule has 1 N–H and O–H groups in total. The molecule has 2 heterocycles. The van der Waals surface area contributed by atoms with Gasteiger partial charge in [0.2, 0.25) is 0 Å². The van der Waals surface area contributed by atoms with Gasteiger partial charge >= 0.3 is 0 Å². The van der Waals surface area contributed by atoms with Crippen LogP contribution in [0.2, 0.25) is 0 Å². The molecule has 0 spiro atoms. The van der Waals surface area contributed by atoms with Crippen LogP contribution in [0.25, 0.3) is 10.2 Å². The number of hydrogen-bond donors (Lipinski definition) is 1. The first-order valence-corrected chi connectivity index (χ1v) is 7.88. The van der Waals surface area contributed by atoms with E-state index in [1.165, 1.54) is 24.0 Å². The molecule has 0 saturated carbocycles. The zero-order valence-electron chi connectivity index (χ0n) is 11.0. The average Bonchev–Trinajstić information content (AvgIpc) is 2.79. The largest absolute Gasteiger partial charge is 0.349 e. The minimum absolute atomic E-state index is 0.847. The second kappa shape index (κ2) is 5.43. The molecule has 2 aromatic rings. The summed E-state index contributed by atoms with van der Waals surface area (Å²) in [6, 6.07) is 6.24. The molecule has 1 aliphatic heterocycles. The molecule has 100 valence electrons. The predicted molar refractivity (Wildman–Crippen MR) is 86.0 cm³/mol. The smallest absolute Gasteiger partial charge is 0.173 e. The monoisotopic (exact) mass is 291 g/mol. The van der Waals surface area contributed by atoms with Gasteiger partial charge in [0.05, 0.1) is 15.2 Å². The van der Waals surface area contributed by atoms with Crippen LogP contribution in [0.1, 0.15) is 24.3 Å². The van der Waals surface area contributed by atoms with Crippen molar-refractivity contribution >= 4 is 44.6 Å². The summed E-state index contributed by atoms with van der Waals surface area (Å²) in [7, 11) is 0. The molecular formula is C14H17N3S2. The number of nitrogens with one attached hydrogen (secondary N) is 1. The highest BCUT2D eigenvalue weighted by atomic mass is 32.1. The third kappa shape index (κ3) is 2.87. The van der Waals surface area contributed by atoms with Gasteiger partial charge < -0.3 is 10.2 Å². The maximum Gasteiger partial charge on any atom is 0.173 e. The van der Waals surface area contributed by atoms with Crippen molar-refractivity contribution in [3.8, 4) is 0 Å². The van der Waals surface area contributed by atoms with E-state index < -0.39 is 0 Å². The topological polar surface area (TPSA) is 28.2 Å². The highest BCUT2D eigenvalue weighted by Gasteiger charge is 2.13. The number of likely N-dealkylation sites (tertiary alicyclic amines) is 1. The Bertz CT molecular complexity index is 600. The van der Waals surface area contributed by atoms with E-state index >= 15 is 0 Å². The summed E-state index contributed by atoms with van der Waals surface area (Å²) in [5.74, 6) is 0. The zero-order chi connectivity index (χ0) is 13.2. The van der Waals surface area contributed by atoms with Crippen molar-refractivity contribution in [1.82, 2.24) is 9.88 Å². The van der Waals surface area contributed by atoms with E-state index in [1.54, 1.807) is 11.3 Å². The molecule has 3 nitrogen and oxygen atoms in total. The Hall–Kier alpha value is -1.20. The van der Waals surface area contributed by atoms with Crippen molar-refractivity contribution in [2.24, 2.45) is 0 Å². The third-order valence-electron chi connectivity index (χ3n) is 3.39. The second-order valence-electron chi connectivity index (χ2n) is 4.89. The van der Waals surface area contributed by atoms with Crippen LogP contribution < -0.4 is 5.32 Å². The molecule has 1 saturated heterocycles. The Morgan fingerprint density at radius 2 is 2.11 bits per heavy atom.